The van der Waals surface area contributed by atoms with E-state index in [1.54, 1.807) is 11.8 Å². The number of carbonyl (C=O) groups is 1. The number of aromatic nitrogens is 2. The lowest BCUT2D eigenvalue weighted by molar-refractivity contribution is -0.157. The van der Waals surface area contributed by atoms with Gasteiger partial charge < -0.3 is 19.3 Å². The fourth-order valence-electron chi connectivity index (χ4n) is 3.57. The van der Waals surface area contributed by atoms with Crippen LogP contribution in [0, 0.1) is 0 Å². The average molecular weight is 343 g/mol. The van der Waals surface area contributed by atoms with Gasteiger partial charge in [-0.15, -0.1) is 0 Å². The number of nitrogens with zero attached hydrogens (tertiary/aromatic N) is 3. The number of hydrogen-bond donors (Lipinski definition) is 1. The van der Waals surface area contributed by atoms with Crippen LogP contribution in [0.5, 0.6) is 0 Å². The Labute approximate surface area is 145 Å². The van der Waals surface area contributed by atoms with Crippen molar-refractivity contribution in [3.8, 4) is 11.4 Å². The van der Waals surface area contributed by atoms with Crippen molar-refractivity contribution < 1.29 is 19.2 Å². The maximum Gasteiger partial charge on any atom is 0.227 e. The summed E-state index contributed by atoms with van der Waals surface area (Å²) in [5.74, 6) is 1.04. The molecular formula is C18H21N3O4. The van der Waals surface area contributed by atoms with Gasteiger partial charge in [0, 0.05) is 24.8 Å². The Morgan fingerprint density at radius 2 is 2.08 bits per heavy atom. The van der Waals surface area contributed by atoms with Gasteiger partial charge in [-0.1, -0.05) is 35.5 Å². The maximum absolute atomic E-state index is 12.3. The minimum Gasteiger partial charge on any atom is -0.388 e. The molecule has 2 fully saturated rings. The van der Waals surface area contributed by atoms with Crippen LogP contribution in [-0.2, 0) is 16.0 Å². The lowest BCUT2D eigenvalue weighted by Crippen LogP contribution is -2.63. The second-order valence-corrected chi connectivity index (χ2v) is 7.27. The Kier molecular flexibility index (Phi) is 3.85. The van der Waals surface area contributed by atoms with E-state index >= 15 is 0 Å². The van der Waals surface area contributed by atoms with Crippen molar-refractivity contribution in [2.24, 2.45) is 0 Å². The highest BCUT2D eigenvalue weighted by Crippen LogP contribution is 2.39. The summed E-state index contributed by atoms with van der Waals surface area (Å²) in [6.07, 6.45) is 1.32. The molecule has 2 aromatic rings. The van der Waals surface area contributed by atoms with Gasteiger partial charge in [0.1, 0.15) is 5.60 Å². The lowest BCUT2D eigenvalue weighted by atomic mass is 9.85. The number of ether oxygens (including phenoxy) is 1. The number of hydrogen-bond acceptors (Lipinski definition) is 6. The number of likely N-dealkylation sites (tertiary alicyclic amines) is 1. The Morgan fingerprint density at radius 1 is 1.32 bits per heavy atom. The van der Waals surface area contributed by atoms with E-state index in [1.807, 2.05) is 30.3 Å². The third kappa shape index (κ3) is 3.29. The van der Waals surface area contributed by atoms with E-state index in [0.29, 0.717) is 50.7 Å². The first-order valence-corrected chi connectivity index (χ1v) is 8.47. The van der Waals surface area contributed by atoms with Crippen LogP contribution < -0.4 is 0 Å². The normalized spacial score (nSPS) is 24.5. The zero-order chi connectivity index (χ0) is 17.5. The lowest BCUT2D eigenvalue weighted by Gasteiger charge is -2.47. The fourth-order valence-corrected chi connectivity index (χ4v) is 3.57. The number of rotatable bonds is 4. The molecule has 2 aliphatic rings. The third-order valence-electron chi connectivity index (χ3n) is 4.76. The Balaban J connectivity index is 1.28. The van der Waals surface area contributed by atoms with Crippen molar-refractivity contribution in [3.63, 3.8) is 0 Å². The van der Waals surface area contributed by atoms with E-state index in [4.69, 9.17) is 9.26 Å². The molecule has 2 saturated heterocycles. The first-order valence-electron chi connectivity index (χ1n) is 8.47. The monoisotopic (exact) mass is 343 g/mol. The van der Waals surface area contributed by atoms with Crippen LogP contribution in [0.3, 0.4) is 0 Å². The molecule has 1 N–H and O–H groups in total. The molecular weight excluding hydrogens is 322 g/mol. The predicted octanol–water partition coefficient (Wildman–Crippen LogP) is 1.42. The molecule has 1 spiro atoms. The van der Waals surface area contributed by atoms with Crippen molar-refractivity contribution in [2.45, 2.75) is 37.4 Å². The fraction of sp³-hybridized carbons (Fsp3) is 0.500. The second kappa shape index (κ2) is 5.93. The molecule has 1 aromatic heterocycles. The zero-order valence-corrected chi connectivity index (χ0v) is 14.1. The summed E-state index contributed by atoms with van der Waals surface area (Å²) in [7, 11) is 0. The van der Waals surface area contributed by atoms with Gasteiger partial charge in [0.05, 0.1) is 25.3 Å². The molecule has 0 aliphatic carbocycles. The molecule has 4 rings (SSSR count). The minimum absolute atomic E-state index is 0.0419. The van der Waals surface area contributed by atoms with Crippen LogP contribution in [0.25, 0.3) is 11.4 Å². The third-order valence-corrected chi connectivity index (χ3v) is 4.76. The molecule has 0 radical (unpaired) electrons. The largest absolute Gasteiger partial charge is 0.388 e. The summed E-state index contributed by atoms with van der Waals surface area (Å²) in [6.45, 7) is 3.19. The SMILES string of the molecule is CC1(O)COC2(CN(C(=O)CCc3nc(-c4ccccc4)no3)C2)C1. The van der Waals surface area contributed by atoms with E-state index < -0.39 is 5.60 Å². The molecule has 0 saturated carbocycles. The average Bonchev–Trinajstić information content (AvgIpc) is 3.16. The summed E-state index contributed by atoms with van der Waals surface area (Å²) >= 11 is 0. The summed E-state index contributed by atoms with van der Waals surface area (Å²) < 4.78 is 10.9. The van der Waals surface area contributed by atoms with Gasteiger partial charge in [0.25, 0.3) is 0 Å². The Morgan fingerprint density at radius 3 is 2.76 bits per heavy atom. The van der Waals surface area contributed by atoms with Crippen molar-refractivity contribution in [1.29, 1.82) is 0 Å². The zero-order valence-electron chi connectivity index (χ0n) is 14.1. The van der Waals surface area contributed by atoms with Gasteiger partial charge >= 0.3 is 0 Å². The quantitative estimate of drug-likeness (QED) is 0.903. The van der Waals surface area contributed by atoms with Crippen LogP contribution in [-0.4, -0.2) is 57.0 Å². The van der Waals surface area contributed by atoms with Crippen molar-refractivity contribution in [1.82, 2.24) is 15.0 Å². The van der Waals surface area contributed by atoms with Crippen LogP contribution >= 0.6 is 0 Å². The van der Waals surface area contributed by atoms with Crippen LogP contribution in [0.15, 0.2) is 34.9 Å². The van der Waals surface area contributed by atoms with Gasteiger partial charge in [-0.05, 0) is 6.92 Å². The summed E-state index contributed by atoms with van der Waals surface area (Å²) in [6, 6.07) is 9.58. The summed E-state index contributed by atoms with van der Waals surface area (Å²) in [5, 5.41) is 14.0. The Hall–Kier alpha value is -2.25. The maximum atomic E-state index is 12.3. The van der Waals surface area contributed by atoms with Crippen molar-refractivity contribution in [3.05, 3.63) is 36.2 Å². The van der Waals surface area contributed by atoms with E-state index in [-0.39, 0.29) is 11.5 Å². The van der Waals surface area contributed by atoms with Gasteiger partial charge in [-0.25, -0.2) is 0 Å². The highest BCUT2D eigenvalue weighted by molar-refractivity contribution is 5.77. The first kappa shape index (κ1) is 16.2. The molecule has 7 nitrogen and oxygen atoms in total. The number of benzene rings is 1. The van der Waals surface area contributed by atoms with Gasteiger partial charge in [-0.3, -0.25) is 4.79 Å². The number of carbonyl (C=O) groups excluding carboxylic acids is 1. The highest BCUT2D eigenvalue weighted by atomic mass is 16.5. The number of aliphatic hydroxyl groups is 1. The van der Waals surface area contributed by atoms with E-state index in [9.17, 15) is 9.90 Å². The standard InChI is InChI=1S/C18H21N3O4/c1-17(23)9-18(24-12-17)10-21(11-18)15(22)8-7-14-19-16(20-25-14)13-5-3-2-4-6-13/h2-6,23H,7-12H2,1H3. The summed E-state index contributed by atoms with van der Waals surface area (Å²) in [4.78, 5) is 18.4. The number of amides is 1. The van der Waals surface area contributed by atoms with Gasteiger partial charge in [0.2, 0.25) is 17.6 Å². The smallest absolute Gasteiger partial charge is 0.227 e. The molecule has 3 heterocycles. The molecule has 1 amide bonds. The van der Waals surface area contributed by atoms with Gasteiger partial charge in [0.15, 0.2) is 0 Å². The Bertz CT molecular complexity index is 766. The summed E-state index contributed by atoms with van der Waals surface area (Å²) in [5.41, 5.74) is -0.254. The molecule has 2 aliphatic heterocycles. The van der Waals surface area contributed by atoms with Crippen LogP contribution in [0.2, 0.25) is 0 Å². The second-order valence-electron chi connectivity index (χ2n) is 7.27. The molecule has 7 heteroatoms. The van der Waals surface area contributed by atoms with E-state index in [0.717, 1.165) is 5.56 Å². The minimum atomic E-state index is -0.785. The molecule has 25 heavy (non-hydrogen) atoms. The van der Waals surface area contributed by atoms with E-state index in [2.05, 4.69) is 10.1 Å². The highest BCUT2D eigenvalue weighted by Gasteiger charge is 2.54. The number of aryl methyl sites for hydroxylation is 1. The molecule has 0 bridgehead atoms. The molecule has 132 valence electrons. The van der Waals surface area contributed by atoms with Crippen LogP contribution in [0.4, 0.5) is 0 Å². The van der Waals surface area contributed by atoms with Crippen molar-refractivity contribution in [2.75, 3.05) is 19.7 Å². The van der Waals surface area contributed by atoms with Crippen molar-refractivity contribution >= 4 is 5.91 Å². The van der Waals surface area contributed by atoms with Crippen LogP contribution in [0.1, 0.15) is 25.7 Å². The first-order chi connectivity index (χ1) is 11.9. The topological polar surface area (TPSA) is 88.7 Å². The molecule has 1 unspecified atom stereocenters. The predicted molar refractivity (Wildman–Crippen MR) is 88.6 cm³/mol. The molecule has 1 aromatic carbocycles. The van der Waals surface area contributed by atoms with E-state index in [1.165, 1.54) is 0 Å². The molecule has 1 atom stereocenters. The van der Waals surface area contributed by atoms with Gasteiger partial charge in [-0.2, -0.15) is 4.98 Å².